The summed E-state index contributed by atoms with van der Waals surface area (Å²) in [6, 6.07) is 0.718. The molecule has 1 N–H and O–H groups in total. The van der Waals surface area contributed by atoms with Gasteiger partial charge in [0, 0.05) is 12.6 Å². The highest BCUT2D eigenvalue weighted by atomic mass is 14.9. The first kappa shape index (κ1) is 9.79. The first-order valence-corrected chi connectivity index (χ1v) is 4.99. The smallest absolute Gasteiger partial charge is 0.0164 e. The highest BCUT2D eigenvalue weighted by Gasteiger charge is 2.22. The van der Waals surface area contributed by atoms with E-state index in [4.69, 9.17) is 0 Å². The minimum atomic E-state index is 0.718. The van der Waals surface area contributed by atoms with Gasteiger partial charge in [-0.2, -0.15) is 0 Å². The Kier molecular flexibility index (Phi) is 3.33. The van der Waals surface area contributed by atoms with E-state index in [1.165, 1.54) is 18.4 Å². The van der Waals surface area contributed by atoms with Crippen LogP contribution in [0.5, 0.6) is 0 Å². The Bertz CT molecular complexity index is 160. The fourth-order valence-electron chi connectivity index (χ4n) is 1.97. The molecule has 0 aromatic heterocycles. The van der Waals surface area contributed by atoms with Gasteiger partial charge in [-0.1, -0.05) is 32.9 Å². The summed E-state index contributed by atoms with van der Waals surface area (Å²) < 4.78 is 0. The largest absolute Gasteiger partial charge is 0.310 e. The van der Waals surface area contributed by atoms with Crippen molar-refractivity contribution in [3.63, 3.8) is 0 Å². The summed E-state index contributed by atoms with van der Waals surface area (Å²) in [6.07, 6.45) is 2.51. The molecule has 1 rings (SSSR count). The van der Waals surface area contributed by atoms with Gasteiger partial charge in [0.15, 0.2) is 0 Å². The number of piperidine rings is 1. The standard InChI is InChI=1S/C11H21N/c1-8(2)5-11-10(4)6-9(3)7-12-11/h8,10-12H,3,5-7H2,1-2,4H3. The molecule has 2 unspecified atom stereocenters. The van der Waals surface area contributed by atoms with Crippen LogP contribution in [0.15, 0.2) is 12.2 Å². The first-order chi connectivity index (χ1) is 5.59. The highest BCUT2D eigenvalue weighted by molar-refractivity contribution is 5.04. The van der Waals surface area contributed by atoms with Crippen molar-refractivity contribution in [1.29, 1.82) is 0 Å². The van der Waals surface area contributed by atoms with E-state index in [0.29, 0.717) is 0 Å². The fraction of sp³-hybridized carbons (Fsp3) is 0.818. The van der Waals surface area contributed by atoms with E-state index in [0.717, 1.165) is 24.4 Å². The summed E-state index contributed by atoms with van der Waals surface area (Å²) in [5.74, 6) is 1.57. The van der Waals surface area contributed by atoms with Crippen molar-refractivity contribution >= 4 is 0 Å². The van der Waals surface area contributed by atoms with E-state index in [9.17, 15) is 0 Å². The number of hydrogen-bond donors (Lipinski definition) is 1. The van der Waals surface area contributed by atoms with Crippen LogP contribution in [0.2, 0.25) is 0 Å². The normalized spacial score (nSPS) is 31.2. The van der Waals surface area contributed by atoms with Crippen molar-refractivity contribution < 1.29 is 0 Å². The van der Waals surface area contributed by atoms with Gasteiger partial charge in [-0.05, 0) is 24.7 Å². The van der Waals surface area contributed by atoms with Crippen LogP contribution in [0.4, 0.5) is 0 Å². The molecule has 70 valence electrons. The molecule has 1 fully saturated rings. The Morgan fingerprint density at radius 3 is 2.75 bits per heavy atom. The van der Waals surface area contributed by atoms with Crippen molar-refractivity contribution in [1.82, 2.24) is 5.32 Å². The van der Waals surface area contributed by atoms with Crippen molar-refractivity contribution in [3.05, 3.63) is 12.2 Å². The fourth-order valence-corrected chi connectivity index (χ4v) is 1.97. The Labute approximate surface area is 76.2 Å². The zero-order chi connectivity index (χ0) is 9.14. The third-order valence-corrected chi connectivity index (χ3v) is 2.64. The maximum atomic E-state index is 4.02. The molecule has 2 atom stereocenters. The van der Waals surface area contributed by atoms with Gasteiger partial charge >= 0.3 is 0 Å². The van der Waals surface area contributed by atoms with Crippen LogP contribution in [0.3, 0.4) is 0 Å². The van der Waals surface area contributed by atoms with Gasteiger partial charge in [0.25, 0.3) is 0 Å². The van der Waals surface area contributed by atoms with Crippen LogP contribution in [0.25, 0.3) is 0 Å². The molecule has 0 bridgehead atoms. The average Bonchev–Trinajstić information content (AvgIpc) is 1.94. The second-order valence-corrected chi connectivity index (χ2v) is 4.55. The molecule has 0 amide bonds. The topological polar surface area (TPSA) is 12.0 Å². The second-order valence-electron chi connectivity index (χ2n) is 4.55. The van der Waals surface area contributed by atoms with Crippen molar-refractivity contribution in [2.24, 2.45) is 11.8 Å². The molecule has 12 heavy (non-hydrogen) atoms. The molecule has 1 aliphatic heterocycles. The molecule has 0 aliphatic carbocycles. The average molecular weight is 167 g/mol. The molecule has 0 spiro atoms. The van der Waals surface area contributed by atoms with Gasteiger partial charge in [0.05, 0.1) is 0 Å². The van der Waals surface area contributed by atoms with E-state index in [-0.39, 0.29) is 0 Å². The molecule has 1 heterocycles. The van der Waals surface area contributed by atoms with Crippen LogP contribution in [0.1, 0.15) is 33.6 Å². The van der Waals surface area contributed by atoms with E-state index < -0.39 is 0 Å². The minimum Gasteiger partial charge on any atom is -0.310 e. The van der Waals surface area contributed by atoms with Gasteiger partial charge in [0.2, 0.25) is 0 Å². The summed E-state index contributed by atoms with van der Waals surface area (Å²) in [7, 11) is 0. The van der Waals surface area contributed by atoms with E-state index in [2.05, 4.69) is 32.7 Å². The molecule has 1 aliphatic rings. The number of rotatable bonds is 2. The number of nitrogens with one attached hydrogen (secondary N) is 1. The maximum absolute atomic E-state index is 4.02. The Morgan fingerprint density at radius 1 is 1.58 bits per heavy atom. The Balaban J connectivity index is 2.39. The van der Waals surface area contributed by atoms with Gasteiger partial charge < -0.3 is 5.32 Å². The summed E-state index contributed by atoms with van der Waals surface area (Å²) in [5.41, 5.74) is 1.36. The van der Waals surface area contributed by atoms with Crippen LogP contribution < -0.4 is 5.32 Å². The lowest BCUT2D eigenvalue weighted by Gasteiger charge is -2.32. The van der Waals surface area contributed by atoms with E-state index in [1.807, 2.05) is 0 Å². The summed E-state index contributed by atoms with van der Waals surface area (Å²) in [5, 5.41) is 3.55. The van der Waals surface area contributed by atoms with Crippen molar-refractivity contribution in [3.8, 4) is 0 Å². The summed E-state index contributed by atoms with van der Waals surface area (Å²) in [4.78, 5) is 0. The molecule has 0 aromatic rings. The molecule has 0 saturated carbocycles. The van der Waals surface area contributed by atoms with Crippen molar-refractivity contribution in [2.75, 3.05) is 6.54 Å². The minimum absolute atomic E-state index is 0.718. The summed E-state index contributed by atoms with van der Waals surface area (Å²) in [6.45, 7) is 11.9. The third-order valence-electron chi connectivity index (χ3n) is 2.64. The molecular weight excluding hydrogens is 146 g/mol. The SMILES string of the molecule is C=C1CNC(CC(C)C)C(C)C1. The Morgan fingerprint density at radius 2 is 2.25 bits per heavy atom. The predicted molar refractivity (Wildman–Crippen MR) is 54.2 cm³/mol. The monoisotopic (exact) mass is 167 g/mol. The van der Waals surface area contributed by atoms with Gasteiger partial charge in [-0.15, -0.1) is 0 Å². The predicted octanol–water partition coefficient (Wildman–Crippen LogP) is 2.59. The molecular formula is C11H21N. The van der Waals surface area contributed by atoms with E-state index in [1.54, 1.807) is 0 Å². The number of hydrogen-bond acceptors (Lipinski definition) is 1. The highest BCUT2D eigenvalue weighted by Crippen LogP contribution is 2.23. The zero-order valence-electron chi connectivity index (χ0n) is 8.56. The van der Waals surface area contributed by atoms with Crippen molar-refractivity contribution in [2.45, 2.75) is 39.7 Å². The molecule has 1 saturated heterocycles. The molecule has 1 heteroatoms. The van der Waals surface area contributed by atoms with Crippen LogP contribution in [-0.4, -0.2) is 12.6 Å². The zero-order valence-corrected chi connectivity index (χ0v) is 8.56. The lowest BCUT2D eigenvalue weighted by atomic mass is 9.85. The first-order valence-electron chi connectivity index (χ1n) is 4.99. The Hall–Kier alpha value is -0.300. The molecule has 1 nitrogen and oxygen atoms in total. The molecule has 0 radical (unpaired) electrons. The molecule has 0 aromatic carbocycles. The quantitative estimate of drug-likeness (QED) is 0.623. The van der Waals surface area contributed by atoms with Crippen LogP contribution in [0, 0.1) is 11.8 Å². The lowest BCUT2D eigenvalue weighted by molar-refractivity contribution is 0.299. The third kappa shape index (κ3) is 2.63. The van der Waals surface area contributed by atoms with Crippen LogP contribution >= 0.6 is 0 Å². The summed E-state index contributed by atoms with van der Waals surface area (Å²) >= 11 is 0. The lowest BCUT2D eigenvalue weighted by Crippen LogP contribution is -2.41. The maximum Gasteiger partial charge on any atom is 0.0164 e. The second kappa shape index (κ2) is 4.08. The van der Waals surface area contributed by atoms with Crippen LogP contribution in [-0.2, 0) is 0 Å². The van der Waals surface area contributed by atoms with Gasteiger partial charge in [-0.3, -0.25) is 0 Å². The van der Waals surface area contributed by atoms with E-state index >= 15 is 0 Å². The van der Waals surface area contributed by atoms with Gasteiger partial charge in [-0.25, -0.2) is 0 Å². The van der Waals surface area contributed by atoms with Gasteiger partial charge in [0.1, 0.15) is 0 Å².